The van der Waals surface area contributed by atoms with Gasteiger partial charge in [0.25, 0.3) is 5.82 Å². The highest BCUT2D eigenvalue weighted by atomic mass is 16.5. The van der Waals surface area contributed by atoms with Gasteiger partial charge in [0.15, 0.2) is 0 Å². The van der Waals surface area contributed by atoms with Gasteiger partial charge >= 0.3 is 0 Å². The van der Waals surface area contributed by atoms with Crippen LogP contribution in [-0.2, 0) is 17.8 Å². The minimum absolute atomic E-state index is 0.134. The fraction of sp³-hybridized carbons (Fsp3) is 0.647. The zero-order chi connectivity index (χ0) is 15.0. The lowest BCUT2D eigenvalue weighted by Crippen LogP contribution is -2.41. The number of piperidine rings is 1. The molecule has 1 aromatic rings. The first-order valence-electron chi connectivity index (χ1n) is 7.85. The molecular formula is C17H24N3O+. The highest BCUT2D eigenvalue weighted by molar-refractivity contribution is 5.52. The number of H-pyrrole nitrogens is 1. The number of nitrogens with zero attached hydrogens (tertiary/aromatic N) is 2. The maximum atomic E-state index is 9.47. The molecule has 1 saturated heterocycles. The van der Waals surface area contributed by atoms with Gasteiger partial charge in [-0.05, 0) is 38.7 Å². The summed E-state index contributed by atoms with van der Waals surface area (Å²) in [6, 6.07) is 4.35. The van der Waals surface area contributed by atoms with Crippen LogP contribution in [0.15, 0.2) is 6.07 Å². The van der Waals surface area contributed by atoms with Gasteiger partial charge in [0, 0.05) is 12.0 Å². The molecular weight excluding hydrogens is 262 g/mol. The quantitative estimate of drug-likeness (QED) is 0.797. The lowest BCUT2D eigenvalue weighted by Gasteiger charge is -2.31. The first-order valence-corrected chi connectivity index (χ1v) is 7.85. The molecule has 1 fully saturated rings. The van der Waals surface area contributed by atoms with Gasteiger partial charge in [0.1, 0.15) is 17.3 Å². The van der Waals surface area contributed by atoms with Gasteiger partial charge < -0.3 is 4.74 Å². The van der Waals surface area contributed by atoms with Crippen molar-refractivity contribution in [2.24, 2.45) is 5.92 Å². The van der Waals surface area contributed by atoms with E-state index in [0.29, 0.717) is 6.61 Å². The van der Waals surface area contributed by atoms with Gasteiger partial charge in [0.05, 0.1) is 25.3 Å². The van der Waals surface area contributed by atoms with Crippen molar-refractivity contribution in [3.05, 3.63) is 22.9 Å². The summed E-state index contributed by atoms with van der Waals surface area (Å²) in [6.07, 6.45) is 3.26. The van der Waals surface area contributed by atoms with Crippen LogP contribution in [0, 0.1) is 17.2 Å². The largest absolute Gasteiger partial charge is 0.370 e. The van der Waals surface area contributed by atoms with Gasteiger partial charge in [-0.1, -0.05) is 6.92 Å². The zero-order valence-electron chi connectivity index (χ0n) is 13.2. The molecule has 3 rings (SSSR count). The summed E-state index contributed by atoms with van der Waals surface area (Å²) in [6.45, 7) is 9.19. The maximum absolute atomic E-state index is 9.47. The predicted octanol–water partition coefficient (Wildman–Crippen LogP) is 2.46. The summed E-state index contributed by atoms with van der Waals surface area (Å²) in [5.41, 5.74) is 2.95. The number of ether oxygens (including phenoxy) is 1. The number of aromatic amines is 1. The monoisotopic (exact) mass is 286 g/mol. The predicted molar refractivity (Wildman–Crippen MR) is 80.9 cm³/mol. The van der Waals surface area contributed by atoms with Crippen molar-refractivity contribution < 1.29 is 9.72 Å². The van der Waals surface area contributed by atoms with Crippen LogP contribution in [0.25, 0.3) is 0 Å². The van der Waals surface area contributed by atoms with Crippen LogP contribution >= 0.6 is 0 Å². The number of rotatable bonds is 1. The molecule has 1 aromatic heterocycles. The molecule has 3 heterocycles. The van der Waals surface area contributed by atoms with Crippen LogP contribution in [0.1, 0.15) is 50.4 Å². The number of nitrogens with one attached hydrogen (secondary N) is 1. The lowest BCUT2D eigenvalue weighted by atomic mass is 9.94. The highest BCUT2D eigenvalue weighted by Gasteiger charge is 2.32. The smallest absolute Gasteiger partial charge is 0.292 e. The summed E-state index contributed by atoms with van der Waals surface area (Å²) in [5, 5.41) is 9.47. The molecule has 4 nitrogen and oxygen atoms in total. The van der Waals surface area contributed by atoms with Crippen LogP contribution in [0.4, 0.5) is 5.82 Å². The Morgan fingerprint density at radius 3 is 2.76 bits per heavy atom. The van der Waals surface area contributed by atoms with Gasteiger partial charge in [-0.25, -0.2) is 4.98 Å². The average Bonchev–Trinajstić information content (AvgIpc) is 2.46. The highest BCUT2D eigenvalue weighted by Crippen LogP contribution is 2.29. The molecule has 0 atom stereocenters. The third-order valence-electron chi connectivity index (χ3n) is 4.67. The molecule has 0 aromatic carbocycles. The van der Waals surface area contributed by atoms with Crippen molar-refractivity contribution in [1.82, 2.24) is 0 Å². The third kappa shape index (κ3) is 2.89. The molecule has 0 spiro atoms. The summed E-state index contributed by atoms with van der Waals surface area (Å²) in [7, 11) is 0. The van der Waals surface area contributed by atoms with Crippen LogP contribution in [-0.4, -0.2) is 18.7 Å². The minimum atomic E-state index is -0.134. The molecule has 0 aliphatic carbocycles. The van der Waals surface area contributed by atoms with Crippen LogP contribution in [0.2, 0.25) is 0 Å². The van der Waals surface area contributed by atoms with E-state index in [4.69, 9.17) is 4.74 Å². The van der Waals surface area contributed by atoms with Crippen molar-refractivity contribution in [2.45, 2.75) is 52.2 Å². The Hall–Kier alpha value is -1.60. The maximum Gasteiger partial charge on any atom is 0.292 e. The molecule has 2 aliphatic rings. The number of fused-ring (bicyclic) bond motifs is 1. The number of aromatic nitrogens is 1. The second-order valence-electron chi connectivity index (χ2n) is 7.04. The minimum Gasteiger partial charge on any atom is -0.370 e. The van der Waals surface area contributed by atoms with Gasteiger partial charge in [0.2, 0.25) is 0 Å². The molecule has 0 saturated carbocycles. The molecule has 1 N–H and O–H groups in total. The summed E-state index contributed by atoms with van der Waals surface area (Å²) in [5.74, 6) is 1.79. The number of pyridine rings is 1. The Morgan fingerprint density at radius 1 is 1.38 bits per heavy atom. The van der Waals surface area contributed by atoms with Crippen molar-refractivity contribution in [3.63, 3.8) is 0 Å². The van der Waals surface area contributed by atoms with E-state index in [1.54, 1.807) is 0 Å². The Bertz CT molecular complexity index is 580. The SMILES string of the molecule is CC1CCN(c2[nH+]c3c(cc2C#N)COC(C)(C)C3)CC1. The van der Waals surface area contributed by atoms with E-state index in [-0.39, 0.29) is 5.60 Å². The third-order valence-corrected chi connectivity index (χ3v) is 4.67. The van der Waals surface area contributed by atoms with Crippen molar-refractivity contribution in [1.29, 1.82) is 5.26 Å². The molecule has 0 amide bonds. The van der Waals surface area contributed by atoms with Gasteiger partial charge in [-0.3, -0.25) is 4.90 Å². The standard InChI is InChI=1S/C17H23N3O/c1-12-4-6-20(7-5-12)16-13(10-18)8-14-11-21-17(2,3)9-15(14)19-16/h8,12H,4-7,9,11H2,1-3H3/p+1. The first kappa shape index (κ1) is 14.3. The number of hydrogen-bond acceptors (Lipinski definition) is 3. The number of hydrogen-bond donors (Lipinski definition) is 0. The fourth-order valence-electron chi connectivity index (χ4n) is 3.22. The number of anilines is 1. The van der Waals surface area contributed by atoms with E-state index >= 15 is 0 Å². The van der Waals surface area contributed by atoms with Gasteiger partial charge in [-0.2, -0.15) is 5.26 Å². The van der Waals surface area contributed by atoms with Crippen molar-refractivity contribution in [2.75, 3.05) is 18.0 Å². The van der Waals surface area contributed by atoms with E-state index in [2.05, 4.69) is 36.7 Å². The molecule has 4 heteroatoms. The molecule has 112 valence electrons. The van der Waals surface area contributed by atoms with E-state index in [0.717, 1.165) is 42.4 Å². The molecule has 2 aliphatic heterocycles. The molecule has 21 heavy (non-hydrogen) atoms. The molecule has 0 bridgehead atoms. The summed E-state index contributed by atoms with van der Waals surface area (Å²) < 4.78 is 5.85. The lowest BCUT2D eigenvalue weighted by molar-refractivity contribution is -0.383. The molecule has 0 unspecified atom stereocenters. The second-order valence-corrected chi connectivity index (χ2v) is 7.04. The molecule has 0 radical (unpaired) electrons. The number of nitriles is 1. The average molecular weight is 286 g/mol. The zero-order valence-corrected chi connectivity index (χ0v) is 13.2. The Kier molecular flexibility index (Phi) is 3.62. The Balaban J connectivity index is 1.95. The van der Waals surface area contributed by atoms with Crippen molar-refractivity contribution >= 4 is 5.82 Å². The summed E-state index contributed by atoms with van der Waals surface area (Å²) in [4.78, 5) is 5.88. The van der Waals surface area contributed by atoms with Gasteiger partial charge in [-0.15, -0.1) is 0 Å². The summed E-state index contributed by atoms with van der Waals surface area (Å²) >= 11 is 0. The Morgan fingerprint density at radius 2 is 2.10 bits per heavy atom. The topological polar surface area (TPSA) is 50.4 Å². The van der Waals surface area contributed by atoms with Crippen LogP contribution in [0.3, 0.4) is 0 Å². The van der Waals surface area contributed by atoms with Crippen LogP contribution in [0.5, 0.6) is 0 Å². The van der Waals surface area contributed by atoms with E-state index in [9.17, 15) is 5.26 Å². The second kappa shape index (κ2) is 5.31. The van der Waals surface area contributed by atoms with Crippen LogP contribution < -0.4 is 9.88 Å². The van der Waals surface area contributed by atoms with E-state index in [1.807, 2.05) is 6.07 Å². The van der Waals surface area contributed by atoms with E-state index < -0.39 is 0 Å². The normalized spacial score (nSPS) is 21.7. The fourth-order valence-corrected chi connectivity index (χ4v) is 3.22. The van der Waals surface area contributed by atoms with E-state index in [1.165, 1.54) is 18.5 Å². The Labute approximate surface area is 126 Å². The first-order chi connectivity index (χ1) is 9.98. The van der Waals surface area contributed by atoms with Crippen molar-refractivity contribution in [3.8, 4) is 6.07 Å².